The fourth-order valence-corrected chi connectivity index (χ4v) is 3.77. The van der Waals surface area contributed by atoms with Crippen molar-refractivity contribution < 1.29 is 23.4 Å². The van der Waals surface area contributed by atoms with E-state index >= 15 is 0 Å². The van der Waals surface area contributed by atoms with Gasteiger partial charge in [-0.25, -0.2) is 14.2 Å². The molecule has 3 aromatic carbocycles. The molecule has 1 heterocycles. The highest BCUT2D eigenvalue weighted by molar-refractivity contribution is 14.1. The Balaban J connectivity index is 1.61. The van der Waals surface area contributed by atoms with Crippen molar-refractivity contribution in [2.45, 2.75) is 13.5 Å². The Hall–Kier alpha value is -2.91. The average molecular weight is 578 g/mol. The summed E-state index contributed by atoms with van der Waals surface area (Å²) in [7, 11) is 0. The number of carbonyl (C=O) groups excluding carboxylic acids is 1. The van der Waals surface area contributed by atoms with E-state index in [1.54, 1.807) is 30.3 Å². The van der Waals surface area contributed by atoms with E-state index in [0.29, 0.717) is 34.8 Å². The number of cyclic esters (lactones) is 1. The Morgan fingerprint density at radius 3 is 2.64 bits per heavy atom. The molecule has 0 bridgehead atoms. The van der Waals surface area contributed by atoms with E-state index in [1.165, 1.54) is 12.1 Å². The number of carbonyl (C=O) groups is 1. The van der Waals surface area contributed by atoms with Crippen LogP contribution in [0.15, 0.2) is 71.4 Å². The van der Waals surface area contributed by atoms with Crippen molar-refractivity contribution >= 4 is 52.1 Å². The summed E-state index contributed by atoms with van der Waals surface area (Å²) in [6, 6.07) is 17.0. The van der Waals surface area contributed by atoms with Crippen molar-refractivity contribution in [2.24, 2.45) is 4.99 Å². The van der Waals surface area contributed by atoms with Crippen LogP contribution in [0.2, 0.25) is 5.02 Å². The van der Waals surface area contributed by atoms with Gasteiger partial charge in [0.15, 0.2) is 17.2 Å². The first kappa shape index (κ1) is 23.3. The van der Waals surface area contributed by atoms with Gasteiger partial charge >= 0.3 is 5.97 Å². The van der Waals surface area contributed by atoms with Crippen molar-refractivity contribution in [1.82, 2.24) is 0 Å². The lowest BCUT2D eigenvalue weighted by Gasteiger charge is -2.14. The van der Waals surface area contributed by atoms with E-state index in [1.807, 2.05) is 31.2 Å². The van der Waals surface area contributed by atoms with Crippen LogP contribution < -0.4 is 9.47 Å². The molecule has 0 radical (unpaired) electrons. The average Bonchev–Trinajstić information content (AvgIpc) is 3.14. The van der Waals surface area contributed by atoms with Crippen LogP contribution in [-0.2, 0) is 16.1 Å². The van der Waals surface area contributed by atoms with E-state index in [-0.39, 0.29) is 29.0 Å². The Bertz CT molecular complexity index is 1260. The smallest absolute Gasteiger partial charge is 0.363 e. The molecule has 0 saturated carbocycles. The fourth-order valence-electron chi connectivity index (χ4n) is 3.14. The maximum Gasteiger partial charge on any atom is 0.363 e. The first-order valence-electron chi connectivity index (χ1n) is 10.0. The Morgan fingerprint density at radius 1 is 1.12 bits per heavy atom. The van der Waals surface area contributed by atoms with Crippen LogP contribution in [0.4, 0.5) is 4.39 Å². The number of rotatable bonds is 7. The molecule has 0 aliphatic carbocycles. The quantitative estimate of drug-likeness (QED) is 0.185. The van der Waals surface area contributed by atoms with Gasteiger partial charge in [0, 0.05) is 9.13 Å². The second-order valence-electron chi connectivity index (χ2n) is 7.02. The molecule has 0 atom stereocenters. The zero-order valence-electron chi connectivity index (χ0n) is 17.5. The minimum absolute atomic E-state index is 0.119. The van der Waals surface area contributed by atoms with Gasteiger partial charge in [-0.05, 0) is 95.2 Å². The van der Waals surface area contributed by atoms with Gasteiger partial charge in [0.2, 0.25) is 5.90 Å². The predicted molar refractivity (Wildman–Crippen MR) is 133 cm³/mol. The number of halogens is 3. The molecule has 0 aromatic heterocycles. The van der Waals surface area contributed by atoms with Crippen LogP contribution in [-0.4, -0.2) is 18.5 Å². The normalized spacial score (nSPS) is 14.2. The number of esters is 1. The van der Waals surface area contributed by atoms with Gasteiger partial charge < -0.3 is 14.2 Å². The molecule has 0 unspecified atom stereocenters. The summed E-state index contributed by atoms with van der Waals surface area (Å²) in [6.45, 7) is 2.33. The molecule has 4 rings (SSSR count). The minimum Gasteiger partial charge on any atom is -0.490 e. The van der Waals surface area contributed by atoms with Gasteiger partial charge in [-0.1, -0.05) is 23.7 Å². The highest BCUT2D eigenvalue weighted by atomic mass is 127. The van der Waals surface area contributed by atoms with Gasteiger partial charge in [-0.3, -0.25) is 0 Å². The van der Waals surface area contributed by atoms with Gasteiger partial charge in [0.05, 0.1) is 11.6 Å². The molecule has 1 aliphatic heterocycles. The van der Waals surface area contributed by atoms with Crippen molar-refractivity contribution in [3.63, 3.8) is 0 Å². The summed E-state index contributed by atoms with van der Waals surface area (Å²) < 4.78 is 31.4. The second kappa shape index (κ2) is 10.4. The van der Waals surface area contributed by atoms with E-state index in [4.69, 9.17) is 25.8 Å². The Labute approximate surface area is 209 Å². The van der Waals surface area contributed by atoms with Crippen molar-refractivity contribution in [2.75, 3.05) is 6.61 Å². The third-order valence-electron chi connectivity index (χ3n) is 4.62. The van der Waals surface area contributed by atoms with E-state index in [9.17, 15) is 9.18 Å². The lowest BCUT2D eigenvalue weighted by molar-refractivity contribution is -0.129. The third kappa shape index (κ3) is 5.72. The number of aliphatic imine (C=N–C) groups is 1. The molecule has 8 heteroatoms. The van der Waals surface area contributed by atoms with Gasteiger partial charge in [0.1, 0.15) is 12.4 Å². The first-order valence-corrected chi connectivity index (χ1v) is 11.5. The summed E-state index contributed by atoms with van der Waals surface area (Å²) in [5.41, 5.74) is 2.11. The molecule has 5 nitrogen and oxygen atoms in total. The summed E-state index contributed by atoms with van der Waals surface area (Å²) >= 11 is 8.67. The van der Waals surface area contributed by atoms with E-state index < -0.39 is 5.97 Å². The molecule has 0 spiro atoms. The van der Waals surface area contributed by atoms with Crippen molar-refractivity contribution in [1.29, 1.82) is 0 Å². The first-order chi connectivity index (χ1) is 15.9. The molecule has 168 valence electrons. The number of ether oxygens (including phenoxy) is 3. The fraction of sp³-hybridized carbons (Fsp3) is 0.120. The van der Waals surface area contributed by atoms with Crippen molar-refractivity contribution in [3.8, 4) is 11.5 Å². The minimum atomic E-state index is -0.552. The molecule has 33 heavy (non-hydrogen) atoms. The predicted octanol–water partition coefficient (Wildman–Crippen LogP) is 6.41. The number of nitrogens with zero attached hydrogens (tertiary/aromatic N) is 1. The Kier molecular flexibility index (Phi) is 7.29. The molecule has 0 N–H and O–H groups in total. The standard InChI is InChI=1S/C25H18ClFINO4/c1-2-31-22-13-16(11-20(26)23(22)32-14-15-4-3-5-18(27)10-15)12-21-25(30)33-24(29-21)17-6-8-19(28)9-7-17/h3-13H,2,14H2,1H3/b21-12-. The van der Waals surface area contributed by atoms with Gasteiger partial charge in [-0.2, -0.15) is 0 Å². The SMILES string of the molecule is CCOc1cc(/C=C2\N=C(c3ccc(I)cc3)OC2=O)cc(Cl)c1OCc1cccc(F)c1. The summed E-state index contributed by atoms with van der Waals surface area (Å²) in [4.78, 5) is 16.7. The maximum atomic E-state index is 13.4. The second-order valence-corrected chi connectivity index (χ2v) is 8.68. The van der Waals surface area contributed by atoms with E-state index in [2.05, 4.69) is 27.6 Å². The third-order valence-corrected chi connectivity index (χ3v) is 5.62. The van der Waals surface area contributed by atoms with Gasteiger partial charge in [-0.15, -0.1) is 0 Å². The summed E-state index contributed by atoms with van der Waals surface area (Å²) in [5.74, 6) is 0.0872. The topological polar surface area (TPSA) is 57.1 Å². The highest BCUT2D eigenvalue weighted by Crippen LogP contribution is 2.38. The molecule has 1 aliphatic rings. The van der Waals surface area contributed by atoms with Crippen LogP contribution >= 0.6 is 34.2 Å². The van der Waals surface area contributed by atoms with Crippen LogP contribution in [0.3, 0.4) is 0 Å². The van der Waals surface area contributed by atoms with Crippen LogP contribution in [0.1, 0.15) is 23.6 Å². The molecule has 0 fully saturated rings. The highest BCUT2D eigenvalue weighted by Gasteiger charge is 2.24. The molecule has 0 saturated heterocycles. The molecule has 3 aromatic rings. The maximum absolute atomic E-state index is 13.4. The monoisotopic (exact) mass is 577 g/mol. The lowest BCUT2D eigenvalue weighted by Crippen LogP contribution is -2.05. The molecular weight excluding hydrogens is 560 g/mol. The Morgan fingerprint density at radius 2 is 1.91 bits per heavy atom. The van der Waals surface area contributed by atoms with Crippen LogP contribution in [0.25, 0.3) is 6.08 Å². The number of benzene rings is 3. The largest absolute Gasteiger partial charge is 0.490 e. The summed E-state index contributed by atoms with van der Waals surface area (Å²) in [5, 5.41) is 0.289. The van der Waals surface area contributed by atoms with Gasteiger partial charge in [0.25, 0.3) is 0 Å². The van der Waals surface area contributed by atoms with Crippen LogP contribution in [0, 0.1) is 9.39 Å². The van der Waals surface area contributed by atoms with E-state index in [0.717, 1.165) is 3.57 Å². The number of hydrogen-bond donors (Lipinski definition) is 0. The lowest BCUT2D eigenvalue weighted by atomic mass is 10.1. The zero-order valence-corrected chi connectivity index (χ0v) is 20.4. The summed E-state index contributed by atoms with van der Waals surface area (Å²) in [6.07, 6.45) is 1.58. The van der Waals surface area contributed by atoms with Crippen molar-refractivity contribution in [3.05, 3.63) is 97.5 Å². The molecular formula is C25H18ClFINO4. The molecule has 0 amide bonds. The zero-order chi connectivity index (χ0) is 23.4. The van der Waals surface area contributed by atoms with Crippen LogP contribution in [0.5, 0.6) is 11.5 Å². The number of hydrogen-bond acceptors (Lipinski definition) is 5.